The van der Waals surface area contributed by atoms with Gasteiger partial charge in [0.05, 0.1) is 13.1 Å². The van der Waals surface area contributed by atoms with E-state index in [2.05, 4.69) is 5.32 Å². The highest BCUT2D eigenvalue weighted by atomic mass is 32.2. The predicted molar refractivity (Wildman–Crippen MR) is 58.1 cm³/mol. The van der Waals surface area contributed by atoms with Crippen molar-refractivity contribution in [1.82, 2.24) is 10.2 Å². The first-order valence-corrected chi connectivity index (χ1v) is 5.70. The Hall–Kier alpha value is -0.750. The molecule has 0 heterocycles. The fourth-order valence-electron chi connectivity index (χ4n) is 0.734. The van der Waals surface area contributed by atoms with E-state index in [4.69, 9.17) is 5.73 Å². The normalized spacial score (nSPS) is 9.64. The van der Waals surface area contributed by atoms with Crippen LogP contribution >= 0.6 is 11.8 Å². The number of thioether (sulfide) groups is 1. The summed E-state index contributed by atoms with van der Waals surface area (Å²) in [5, 5.41) is 2.43. The first kappa shape index (κ1) is 13.2. The van der Waals surface area contributed by atoms with Gasteiger partial charge in [0.25, 0.3) is 0 Å². The van der Waals surface area contributed by atoms with Crippen LogP contribution in [-0.4, -0.2) is 55.4 Å². The first-order chi connectivity index (χ1) is 6.61. The van der Waals surface area contributed by atoms with Gasteiger partial charge in [-0.2, -0.15) is 11.8 Å². The van der Waals surface area contributed by atoms with Crippen LogP contribution in [0.3, 0.4) is 0 Å². The van der Waals surface area contributed by atoms with E-state index in [1.54, 1.807) is 23.7 Å². The van der Waals surface area contributed by atoms with Crippen molar-refractivity contribution in [3.05, 3.63) is 0 Å². The van der Waals surface area contributed by atoms with Crippen molar-refractivity contribution in [3.8, 4) is 0 Å². The number of likely N-dealkylation sites (N-methyl/N-ethyl adjacent to an activating group) is 1. The summed E-state index contributed by atoms with van der Waals surface area (Å²) in [5.74, 6) is 0.491. The first-order valence-electron chi connectivity index (χ1n) is 4.31. The van der Waals surface area contributed by atoms with Crippen molar-refractivity contribution in [2.24, 2.45) is 5.73 Å². The third-order valence-electron chi connectivity index (χ3n) is 1.68. The maximum atomic E-state index is 11.3. The zero-order valence-corrected chi connectivity index (χ0v) is 9.39. The highest BCUT2D eigenvalue weighted by molar-refractivity contribution is 7.98. The topological polar surface area (TPSA) is 75.4 Å². The van der Waals surface area contributed by atoms with E-state index in [1.165, 1.54) is 0 Å². The Morgan fingerprint density at radius 2 is 2.14 bits per heavy atom. The molecule has 0 fully saturated rings. The molecule has 0 spiro atoms. The van der Waals surface area contributed by atoms with Crippen LogP contribution in [0.4, 0.5) is 0 Å². The number of hydrogen-bond acceptors (Lipinski definition) is 4. The molecule has 0 unspecified atom stereocenters. The zero-order chi connectivity index (χ0) is 11.0. The molecular formula is C8H17N3O2S. The van der Waals surface area contributed by atoms with Gasteiger partial charge in [0, 0.05) is 19.3 Å². The van der Waals surface area contributed by atoms with Crippen LogP contribution in [0.25, 0.3) is 0 Å². The third-order valence-corrected chi connectivity index (χ3v) is 2.27. The van der Waals surface area contributed by atoms with Crippen LogP contribution in [0, 0.1) is 0 Å². The van der Waals surface area contributed by atoms with Crippen LogP contribution < -0.4 is 11.1 Å². The molecule has 0 aliphatic rings. The molecule has 0 rings (SSSR count). The Morgan fingerprint density at radius 1 is 1.50 bits per heavy atom. The minimum atomic E-state index is -0.309. The van der Waals surface area contributed by atoms with E-state index < -0.39 is 0 Å². The molecule has 2 amide bonds. The summed E-state index contributed by atoms with van der Waals surface area (Å²) in [6.07, 6.45) is 1.98. The van der Waals surface area contributed by atoms with Crippen LogP contribution in [-0.2, 0) is 9.59 Å². The van der Waals surface area contributed by atoms with E-state index in [0.717, 1.165) is 5.75 Å². The summed E-state index contributed by atoms with van der Waals surface area (Å²) in [6, 6.07) is 0. The van der Waals surface area contributed by atoms with Gasteiger partial charge in [0.1, 0.15) is 0 Å². The molecule has 0 aliphatic carbocycles. The van der Waals surface area contributed by atoms with E-state index in [-0.39, 0.29) is 24.9 Å². The highest BCUT2D eigenvalue weighted by Gasteiger charge is 2.08. The van der Waals surface area contributed by atoms with Gasteiger partial charge in [-0.05, 0) is 6.26 Å². The molecule has 5 nitrogen and oxygen atoms in total. The number of carbonyl (C=O) groups is 2. The van der Waals surface area contributed by atoms with E-state index in [9.17, 15) is 9.59 Å². The molecule has 0 saturated carbocycles. The molecule has 0 aliphatic heterocycles. The van der Waals surface area contributed by atoms with Crippen LogP contribution in [0.5, 0.6) is 0 Å². The van der Waals surface area contributed by atoms with Gasteiger partial charge in [-0.3, -0.25) is 9.59 Å². The van der Waals surface area contributed by atoms with Gasteiger partial charge in [-0.15, -0.1) is 0 Å². The maximum Gasteiger partial charge on any atom is 0.241 e. The molecular weight excluding hydrogens is 202 g/mol. The van der Waals surface area contributed by atoms with Crippen LogP contribution in [0.2, 0.25) is 0 Å². The van der Waals surface area contributed by atoms with Crippen molar-refractivity contribution in [1.29, 1.82) is 0 Å². The van der Waals surface area contributed by atoms with Crippen molar-refractivity contribution >= 4 is 23.6 Å². The molecule has 3 N–H and O–H groups in total. The predicted octanol–water partition coefficient (Wildman–Crippen LogP) is -1.12. The molecule has 0 aromatic carbocycles. The summed E-state index contributed by atoms with van der Waals surface area (Å²) in [6.45, 7) is 0.640. The molecule has 6 heteroatoms. The van der Waals surface area contributed by atoms with Gasteiger partial charge >= 0.3 is 0 Å². The Labute approximate surface area is 88.4 Å². The Morgan fingerprint density at radius 3 is 2.64 bits per heavy atom. The number of nitrogens with one attached hydrogen (secondary N) is 1. The molecule has 0 bridgehead atoms. The smallest absolute Gasteiger partial charge is 0.241 e. The number of rotatable bonds is 6. The second kappa shape index (κ2) is 7.64. The Kier molecular flexibility index (Phi) is 7.23. The lowest BCUT2D eigenvalue weighted by molar-refractivity contribution is -0.131. The second-order valence-electron chi connectivity index (χ2n) is 2.79. The standard InChI is InChI=1S/C8H17N3O2S/c1-11(3-4-14-2)8(13)6-10-7(12)5-9/h3-6,9H2,1-2H3,(H,10,12). The van der Waals surface area contributed by atoms with Crippen LogP contribution in [0.1, 0.15) is 0 Å². The average Bonchev–Trinajstić information content (AvgIpc) is 2.21. The Balaban J connectivity index is 3.67. The van der Waals surface area contributed by atoms with E-state index in [1.807, 2.05) is 6.26 Å². The van der Waals surface area contributed by atoms with Gasteiger partial charge in [-0.1, -0.05) is 0 Å². The van der Waals surface area contributed by atoms with E-state index >= 15 is 0 Å². The number of hydrogen-bond donors (Lipinski definition) is 2. The highest BCUT2D eigenvalue weighted by Crippen LogP contribution is 1.93. The molecule has 0 aromatic heterocycles. The van der Waals surface area contributed by atoms with Crippen molar-refractivity contribution < 1.29 is 9.59 Å². The lowest BCUT2D eigenvalue weighted by atomic mass is 10.4. The van der Waals surface area contributed by atoms with Gasteiger partial charge < -0.3 is 16.0 Å². The zero-order valence-electron chi connectivity index (χ0n) is 8.58. The fraction of sp³-hybridized carbons (Fsp3) is 0.750. The van der Waals surface area contributed by atoms with Gasteiger partial charge in [0.15, 0.2) is 0 Å². The summed E-state index contributed by atoms with van der Waals surface area (Å²) in [5.41, 5.74) is 5.07. The van der Waals surface area contributed by atoms with Crippen molar-refractivity contribution in [2.75, 3.05) is 38.7 Å². The minimum absolute atomic E-state index is 0.0287. The number of amides is 2. The SMILES string of the molecule is CSCCN(C)C(=O)CNC(=O)CN. The quantitative estimate of drug-likeness (QED) is 0.593. The minimum Gasteiger partial charge on any atom is -0.346 e. The summed E-state index contributed by atoms with van der Waals surface area (Å²) < 4.78 is 0. The lowest BCUT2D eigenvalue weighted by Gasteiger charge is -2.16. The van der Waals surface area contributed by atoms with Crippen molar-refractivity contribution in [3.63, 3.8) is 0 Å². The third kappa shape index (κ3) is 5.82. The van der Waals surface area contributed by atoms with E-state index in [0.29, 0.717) is 6.54 Å². The number of nitrogens with zero attached hydrogens (tertiary/aromatic N) is 1. The van der Waals surface area contributed by atoms with Crippen LogP contribution in [0.15, 0.2) is 0 Å². The van der Waals surface area contributed by atoms with Gasteiger partial charge in [0.2, 0.25) is 11.8 Å². The lowest BCUT2D eigenvalue weighted by Crippen LogP contribution is -2.40. The summed E-state index contributed by atoms with van der Waals surface area (Å²) in [4.78, 5) is 23.7. The Bertz CT molecular complexity index is 199. The van der Waals surface area contributed by atoms with Crippen molar-refractivity contribution in [2.45, 2.75) is 0 Å². The molecule has 82 valence electrons. The summed E-state index contributed by atoms with van der Waals surface area (Å²) in [7, 11) is 1.72. The maximum absolute atomic E-state index is 11.3. The summed E-state index contributed by atoms with van der Waals surface area (Å²) >= 11 is 1.68. The molecule has 0 radical (unpaired) electrons. The average molecular weight is 219 g/mol. The largest absolute Gasteiger partial charge is 0.346 e. The monoisotopic (exact) mass is 219 g/mol. The molecule has 0 aromatic rings. The molecule has 0 atom stereocenters. The van der Waals surface area contributed by atoms with Gasteiger partial charge in [-0.25, -0.2) is 0 Å². The fourth-order valence-corrected chi connectivity index (χ4v) is 1.19. The number of nitrogens with two attached hydrogens (primary N) is 1. The number of carbonyl (C=O) groups excluding carboxylic acids is 2. The molecule has 0 saturated heterocycles. The second-order valence-corrected chi connectivity index (χ2v) is 3.77. The molecule has 14 heavy (non-hydrogen) atoms.